The molecule has 7 heteroatoms. The van der Waals surface area contributed by atoms with Gasteiger partial charge >= 0.3 is 0 Å². The van der Waals surface area contributed by atoms with E-state index in [0.717, 1.165) is 0 Å². The monoisotopic (exact) mass is 319 g/mol. The summed E-state index contributed by atoms with van der Waals surface area (Å²) in [6.45, 7) is 4.07. The van der Waals surface area contributed by atoms with Gasteiger partial charge in [-0.2, -0.15) is 0 Å². The van der Waals surface area contributed by atoms with E-state index in [2.05, 4.69) is 0 Å². The lowest BCUT2D eigenvalue weighted by Gasteiger charge is -2.10. The van der Waals surface area contributed by atoms with Gasteiger partial charge in [-0.05, 0) is 19.1 Å². The standard InChI is InChI=1S/C14H21NO5.ClH/c1-3-19-14(15)12-5-4-11(10-13(12)16)20-9-8-18-7-6-17-2;/h4-5,10,15-16H,3,6-9H2,1-2H3;1H. The molecular weight excluding hydrogens is 298 g/mol. The second kappa shape index (κ2) is 11.2. The smallest absolute Gasteiger partial charge is 0.217 e. The van der Waals surface area contributed by atoms with Crippen LogP contribution in [0.4, 0.5) is 0 Å². The summed E-state index contributed by atoms with van der Waals surface area (Å²) in [6, 6.07) is 4.73. The Labute approximate surface area is 130 Å². The lowest BCUT2D eigenvalue weighted by molar-refractivity contribution is 0.0544. The summed E-state index contributed by atoms with van der Waals surface area (Å²) in [7, 11) is 1.62. The second-order valence-electron chi connectivity index (χ2n) is 3.89. The number of phenolic OH excluding ortho intramolecular Hbond substituents is 1. The number of ether oxygens (including phenoxy) is 4. The summed E-state index contributed by atoms with van der Waals surface area (Å²) < 4.78 is 20.6. The van der Waals surface area contributed by atoms with Crippen molar-refractivity contribution in [3.8, 4) is 11.5 Å². The lowest BCUT2D eigenvalue weighted by atomic mass is 10.2. The van der Waals surface area contributed by atoms with E-state index in [0.29, 0.717) is 44.3 Å². The average Bonchev–Trinajstić information content (AvgIpc) is 2.43. The molecule has 6 nitrogen and oxygen atoms in total. The van der Waals surface area contributed by atoms with E-state index in [1.54, 1.807) is 26.2 Å². The van der Waals surface area contributed by atoms with E-state index in [-0.39, 0.29) is 24.1 Å². The van der Waals surface area contributed by atoms with Crippen LogP contribution in [0.5, 0.6) is 11.5 Å². The molecule has 0 aromatic heterocycles. The van der Waals surface area contributed by atoms with Gasteiger partial charge in [-0.3, -0.25) is 5.41 Å². The molecule has 1 aromatic carbocycles. The molecule has 0 saturated heterocycles. The van der Waals surface area contributed by atoms with E-state index in [1.807, 2.05) is 0 Å². The molecule has 0 radical (unpaired) electrons. The molecule has 120 valence electrons. The van der Waals surface area contributed by atoms with Crippen LogP contribution in [0.1, 0.15) is 12.5 Å². The third-order valence-electron chi connectivity index (χ3n) is 2.43. The molecule has 0 atom stereocenters. The van der Waals surface area contributed by atoms with Crippen LogP contribution < -0.4 is 4.74 Å². The van der Waals surface area contributed by atoms with Crippen LogP contribution in [0.3, 0.4) is 0 Å². The highest BCUT2D eigenvalue weighted by atomic mass is 35.5. The van der Waals surface area contributed by atoms with Crippen molar-refractivity contribution in [1.29, 1.82) is 5.41 Å². The van der Waals surface area contributed by atoms with E-state index < -0.39 is 0 Å². The molecule has 0 fully saturated rings. The number of halogens is 1. The van der Waals surface area contributed by atoms with Crippen molar-refractivity contribution in [3.05, 3.63) is 23.8 Å². The molecular formula is C14H22ClNO5. The van der Waals surface area contributed by atoms with Crippen LogP contribution in [0.25, 0.3) is 0 Å². The Morgan fingerprint density at radius 3 is 2.52 bits per heavy atom. The van der Waals surface area contributed by atoms with Gasteiger partial charge < -0.3 is 24.1 Å². The first-order valence-corrected chi connectivity index (χ1v) is 6.43. The Bertz CT molecular complexity index is 428. The van der Waals surface area contributed by atoms with Gasteiger partial charge in [-0.15, -0.1) is 12.4 Å². The highest BCUT2D eigenvalue weighted by Gasteiger charge is 2.09. The molecule has 0 saturated carbocycles. The third-order valence-corrected chi connectivity index (χ3v) is 2.43. The molecule has 2 N–H and O–H groups in total. The Balaban J connectivity index is 0.00000400. The molecule has 1 rings (SSSR count). The van der Waals surface area contributed by atoms with Crippen molar-refractivity contribution in [2.75, 3.05) is 40.1 Å². The first kappa shape index (κ1) is 19.5. The normalized spacial score (nSPS) is 9.81. The average molecular weight is 320 g/mol. The summed E-state index contributed by atoms with van der Waals surface area (Å²) in [5.74, 6) is 0.423. The first-order chi connectivity index (χ1) is 9.69. The van der Waals surface area contributed by atoms with Gasteiger partial charge in [0.1, 0.15) is 18.1 Å². The highest BCUT2D eigenvalue weighted by Crippen LogP contribution is 2.24. The summed E-state index contributed by atoms with van der Waals surface area (Å²) in [6.07, 6.45) is 0. The van der Waals surface area contributed by atoms with Crippen molar-refractivity contribution in [2.45, 2.75) is 6.92 Å². The third kappa shape index (κ3) is 7.17. The van der Waals surface area contributed by atoms with Crippen LogP contribution in [-0.4, -0.2) is 51.1 Å². The minimum Gasteiger partial charge on any atom is -0.507 e. The van der Waals surface area contributed by atoms with Crippen LogP contribution in [-0.2, 0) is 14.2 Å². The van der Waals surface area contributed by atoms with Gasteiger partial charge in [0.2, 0.25) is 5.90 Å². The predicted octanol–water partition coefficient (Wildman–Crippen LogP) is 2.22. The topological polar surface area (TPSA) is 81.0 Å². The highest BCUT2D eigenvalue weighted by molar-refractivity contribution is 5.94. The molecule has 21 heavy (non-hydrogen) atoms. The van der Waals surface area contributed by atoms with Crippen molar-refractivity contribution < 1.29 is 24.1 Å². The largest absolute Gasteiger partial charge is 0.507 e. The molecule has 0 aliphatic rings. The van der Waals surface area contributed by atoms with Gasteiger partial charge in [0, 0.05) is 13.2 Å². The Kier molecular flexibility index (Phi) is 10.4. The van der Waals surface area contributed by atoms with Gasteiger partial charge in [0.15, 0.2) is 0 Å². The molecule has 1 aromatic rings. The number of hydrogen-bond donors (Lipinski definition) is 2. The van der Waals surface area contributed by atoms with Gasteiger partial charge in [0.05, 0.1) is 32.0 Å². The number of rotatable bonds is 9. The maximum atomic E-state index is 9.81. The summed E-state index contributed by atoms with van der Waals surface area (Å²) in [5, 5.41) is 17.4. The van der Waals surface area contributed by atoms with Crippen molar-refractivity contribution in [2.24, 2.45) is 0 Å². The SMILES string of the molecule is CCOC(=N)c1ccc(OCCOCCOC)cc1O.Cl. The van der Waals surface area contributed by atoms with Gasteiger partial charge in [-0.25, -0.2) is 0 Å². The first-order valence-electron chi connectivity index (χ1n) is 6.43. The fourth-order valence-corrected chi connectivity index (χ4v) is 1.48. The van der Waals surface area contributed by atoms with Crippen molar-refractivity contribution in [3.63, 3.8) is 0 Å². The molecule has 0 bridgehead atoms. The minimum atomic E-state index is -0.0561. The number of benzene rings is 1. The zero-order valence-corrected chi connectivity index (χ0v) is 13.1. The van der Waals surface area contributed by atoms with E-state index >= 15 is 0 Å². The van der Waals surface area contributed by atoms with Crippen LogP contribution in [0, 0.1) is 5.41 Å². The maximum Gasteiger partial charge on any atom is 0.217 e. The molecule has 0 heterocycles. The summed E-state index contributed by atoms with van der Waals surface area (Å²) in [5.41, 5.74) is 0.343. The number of nitrogens with one attached hydrogen (secondary N) is 1. The Hall–Kier alpha value is -1.50. The maximum absolute atomic E-state index is 9.81. The fourth-order valence-electron chi connectivity index (χ4n) is 1.48. The molecule has 0 spiro atoms. The van der Waals surface area contributed by atoms with Crippen LogP contribution in [0.2, 0.25) is 0 Å². The van der Waals surface area contributed by atoms with E-state index in [9.17, 15) is 5.11 Å². The second-order valence-corrected chi connectivity index (χ2v) is 3.89. The van der Waals surface area contributed by atoms with Gasteiger partial charge in [0.25, 0.3) is 0 Å². The van der Waals surface area contributed by atoms with E-state index in [1.165, 1.54) is 6.07 Å². The quantitative estimate of drug-likeness (QED) is 0.414. The number of phenols is 1. The van der Waals surface area contributed by atoms with Crippen molar-refractivity contribution in [1.82, 2.24) is 0 Å². The number of methoxy groups -OCH3 is 1. The van der Waals surface area contributed by atoms with Crippen LogP contribution in [0.15, 0.2) is 18.2 Å². The molecule has 0 aliphatic heterocycles. The number of hydrogen-bond acceptors (Lipinski definition) is 6. The lowest BCUT2D eigenvalue weighted by Crippen LogP contribution is -2.10. The fraction of sp³-hybridized carbons (Fsp3) is 0.500. The van der Waals surface area contributed by atoms with Gasteiger partial charge in [-0.1, -0.05) is 0 Å². The van der Waals surface area contributed by atoms with E-state index in [4.69, 9.17) is 24.4 Å². The molecule has 0 aliphatic carbocycles. The predicted molar refractivity (Wildman–Crippen MR) is 82.0 cm³/mol. The zero-order valence-electron chi connectivity index (χ0n) is 12.3. The minimum absolute atomic E-state index is 0. The Morgan fingerprint density at radius 2 is 1.90 bits per heavy atom. The summed E-state index contributed by atoms with van der Waals surface area (Å²) in [4.78, 5) is 0. The zero-order chi connectivity index (χ0) is 14.8. The summed E-state index contributed by atoms with van der Waals surface area (Å²) >= 11 is 0. The number of aromatic hydroxyl groups is 1. The molecule has 0 amide bonds. The van der Waals surface area contributed by atoms with Crippen LogP contribution >= 0.6 is 12.4 Å². The molecule has 0 unspecified atom stereocenters. The Morgan fingerprint density at radius 1 is 1.19 bits per heavy atom. The van der Waals surface area contributed by atoms with Crippen molar-refractivity contribution >= 4 is 18.3 Å².